The Morgan fingerprint density at radius 3 is 2.59 bits per heavy atom. The third-order valence-corrected chi connectivity index (χ3v) is 2.38. The summed E-state index contributed by atoms with van der Waals surface area (Å²) in [6.45, 7) is 0.367. The SMILES string of the molecule is NCc1ncccc1Oc1ccc(CO)cc1. The molecule has 0 radical (unpaired) electrons. The van der Waals surface area contributed by atoms with Crippen molar-refractivity contribution in [2.24, 2.45) is 5.73 Å². The first-order valence-electron chi connectivity index (χ1n) is 5.35. The molecule has 2 aromatic rings. The highest BCUT2D eigenvalue weighted by Crippen LogP contribution is 2.23. The molecule has 2 rings (SSSR count). The van der Waals surface area contributed by atoms with Crippen LogP contribution in [0.15, 0.2) is 42.6 Å². The Bertz CT molecular complexity index is 483. The van der Waals surface area contributed by atoms with E-state index in [0.717, 1.165) is 11.3 Å². The Hall–Kier alpha value is -1.91. The molecule has 88 valence electrons. The van der Waals surface area contributed by atoms with Gasteiger partial charge in [0.2, 0.25) is 0 Å². The number of nitrogens with zero attached hydrogens (tertiary/aromatic N) is 1. The Kier molecular flexibility index (Phi) is 3.69. The van der Waals surface area contributed by atoms with Gasteiger partial charge in [-0.25, -0.2) is 0 Å². The number of aromatic nitrogens is 1. The van der Waals surface area contributed by atoms with Crippen molar-refractivity contribution < 1.29 is 9.84 Å². The monoisotopic (exact) mass is 230 g/mol. The lowest BCUT2D eigenvalue weighted by molar-refractivity contribution is 0.281. The average Bonchev–Trinajstić information content (AvgIpc) is 2.40. The van der Waals surface area contributed by atoms with Gasteiger partial charge in [-0.1, -0.05) is 12.1 Å². The van der Waals surface area contributed by atoms with Gasteiger partial charge in [0.05, 0.1) is 12.3 Å². The Balaban J connectivity index is 2.19. The molecular weight excluding hydrogens is 216 g/mol. The van der Waals surface area contributed by atoms with Gasteiger partial charge in [-0.3, -0.25) is 4.98 Å². The van der Waals surface area contributed by atoms with Gasteiger partial charge in [-0.15, -0.1) is 0 Å². The van der Waals surface area contributed by atoms with E-state index in [1.807, 2.05) is 18.2 Å². The maximum atomic E-state index is 8.93. The quantitative estimate of drug-likeness (QED) is 0.840. The fraction of sp³-hybridized carbons (Fsp3) is 0.154. The molecule has 0 atom stereocenters. The van der Waals surface area contributed by atoms with Crippen LogP contribution in [0.1, 0.15) is 11.3 Å². The van der Waals surface area contributed by atoms with Crippen LogP contribution in [-0.2, 0) is 13.2 Å². The summed E-state index contributed by atoms with van der Waals surface area (Å²) >= 11 is 0. The lowest BCUT2D eigenvalue weighted by Gasteiger charge is -2.09. The van der Waals surface area contributed by atoms with Gasteiger partial charge in [-0.2, -0.15) is 0 Å². The highest BCUT2D eigenvalue weighted by molar-refractivity contribution is 5.35. The zero-order valence-corrected chi connectivity index (χ0v) is 9.34. The van der Waals surface area contributed by atoms with Crippen LogP contribution in [0.3, 0.4) is 0 Å². The molecule has 1 aromatic carbocycles. The van der Waals surface area contributed by atoms with E-state index in [9.17, 15) is 0 Å². The normalized spacial score (nSPS) is 10.2. The first-order chi connectivity index (χ1) is 8.33. The average molecular weight is 230 g/mol. The second-order valence-corrected chi connectivity index (χ2v) is 3.56. The third-order valence-electron chi connectivity index (χ3n) is 2.38. The predicted octanol–water partition coefficient (Wildman–Crippen LogP) is 1.82. The van der Waals surface area contributed by atoms with Crippen LogP contribution >= 0.6 is 0 Å². The lowest BCUT2D eigenvalue weighted by atomic mass is 10.2. The molecule has 0 fully saturated rings. The molecule has 4 heteroatoms. The molecule has 0 aliphatic rings. The summed E-state index contributed by atoms with van der Waals surface area (Å²) in [5, 5.41) is 8.93. The van der Waals surface area contributed by atoms with Crippen molar-refractivity contribution in [3.63, 3.8) is 0 Å². The van der Waals surface area contributed by atoms with E-state index in [2.05, 4.69) is 4.98 Å². The maximum Gasteiger partial charge on any atom is 0.150 e. The van der Waals surface area contributed by atoms with E-state index in [1.54, 1.807) is 24.4 Å². The fourth-order valence-corrected chi connectivity index (χ4v) is 1.46. The molecule has 1 heterocycles. The molecule has 0 aliphatic carbocycles. The number of benzene rings is 1. The molecule has 0 aliphatic heterocycles. The van der Waals surface area contributed by atoms with Crippen LogP contribution in [0.25, 0.3) is 0 Å². The van der Waals surface area contributed by atoms with E-state index < -0.39 is 0 Å². The summed E-state index contributed by atoms with van der Waals surface area (Å²) in [7, 11) is 0. The zero-order valence-electron chi connectivity index (χ0n) is 9.34. The summed E-state index contributed by atoms with van der Waals surface area (Å²) in [6.07, 6.45) is 1.68. The summed E-state index contributed by atoms with van der Waals surface area (Å²) in [5.74, 6) is 1.36. The number of aliphatic hydroxyl groups is 1. The molecule has 0 amide bonds. The van der Waals surface area contributed by atoms with E-state index >= 15 is 0 Å². The Labute approximate surface area is 99.7 Å². The van der Waals surface area contributed by atoms with Crippen molar-refractivity contribution in [2.75, 3.05) is 0 Å². The summed E-state index contributed by atoms with van der Waals surface area (Å²) in [4.78, 5) is 4.14. The number of rotatable bonds is 4. The molecule has 0 unspecified atom stereocenters. The van der Waals surface area contributed by atoms with Crippen molar-refractivity contribution in [1.82, 2.24) is 4.98 Å². The third kappa shape index (κ3) is 2.81. The minimum absolute atomic E-state index is 0.0290. The van der Waals surface area contributed by atoms with Crippen molar-refractivity contribution >= 4 is 0 Å². The van der Waals surface area contributed by atoms with Crippen LogP contribution in [0, 0.1) is 0 Å². The minimum atomic E-state index is 0.0290. The lowest BCUT2D eigenvalue weighted by Crippen LogP contribution is -2.01. The molecule has 0 saturated carbocycles. The number of nitrogens with two attached hydrogens (primary N) is 1. The highest BCUT2D eigenvalue weighted by Gasteiger charge is 2.03. The molecule has 0 spiro atoms. The van der Waals surface area contributed by atoms with Crippen LogP contribution in [0.4, 0.5) is 0 Å². The van der Waals surface area contributed by atoms with Crippen molar-refractivity contribution in [2.45, 2.75) is 13.2 Å². The largest absolute Gasteiger partial charge is 0.455 e. The van der Waals surface area contributed by atoms with Crippen LogP contribution in [0.2, 0.25) is 0 Å². The van der Waals surface area contributed by atoms with Crippen LogP contribution in [0.5, 0.6) is 11.5 Å². The summed E-state index contributed by atoms with van der Waals surface area (Å²) in [6, 6.07) is 10.9. The van der Waals surface area contributed by atoms with E-state index in [1.165, 1.54) is 0 Å². The standard InChI is InChI=1S/C13H14N2O2/c14-8-12-13(2-1-7-15-12)17-11-5-3-10(9-16)4-6-11/h1-7,16H,8-9,14H2. The van der Waals surface area contributed by atoms with E-state index in [-0.39, 0.29) is 6.61 Å². The highest BCUT2D eigenvalue weighted by atomic mass is 16.5. The van der Waals surface area contributed by atoms with Crippen molar-refractivity contribution in [3.05, 3.63) is 53.9 Å². The Morgan fingerprint density at radius 1 is 1.18 bits per heavy atom. The van der Waals surface area contributed by atoms with Gasteiger partial charge in [0, 0.05) is 12.7 Å². The van der Waals surface area contributed by atoms with Gasteiger partial charge in [0.15, 0.2) is 0 Å². The van der Waals surface area contributed by atoms with Gasteiger partial charge in [-0.05, 0) is 29.8 Å². The molecular formula is C13H14N2O2. The number of ether oxygens (including phenoxy) is 1. The predicted molar refractivity (Wildman–Crippen MR) is 64.6 cm³/mol. The van der Waals surface area contributed by atoms with Gasteiger partial charge >= 0.3 is 0 Å². The molecule has 0 bridgehead atoms. The molecule has 17 heavy (non-hydrogen) atoms. The minimum Gasteiger partial charge on any atom is -0.455 e. The number of hydrogen-bond donors (Lipinski definition) is 2. The second-order valence-electron chi connectivity index (χ2n) is 3.56. The topological polar surface area (TPSA) is 68.4 Å². The zero-order chi connectivity index (χ0) is 12.1. The van der Waals surface area contributed by atoms with Gasteiger partial charge < -0.3 is 15.6 Å². The first kappa shape index (κ1) is 11.6. The smallest absolute Gasteiger partial charge is 0.150 e. The molecule has 4 nitrogen and oxygen atoms in total. The number of aliphatic hydroxyl groups excluding tert-OH is 1. The fourth-order valence-electron chi connectivity index (χ4n) is 1.46. The van der Waals surface area contributed by atoms with Crippen molar-refractivity contribution in [3.8, 4) is 11.5 Å². The first-order valence-corrected chi connectivity index (χ1v) is 5.35. The molecule has 1 aromatic heterocycles. The van der Waals surface area contributed by atoms with Gasteiger partial charge in [0.1, 0.15) is 11.5 Å². The Morgan fingerprint density at radius 2 is 1.94 bits per heavy atom. The summed E-state index contributed by atoms with van der Waals surface area (Å²) in [5.41, 5.74) is 7.15. The molecule has 0 saturated heterocycles. The second kappa shape index (κ2) is 5.43. The van der Waals surface area contributed by atoms with E-state index in [0.29, 0.717) is 18.0 Å². The van der Waals surface area contributed by atoms with Gasteiger partial charge in [0.25, 0.3) is 0 Å². The molecule has 3 N–H and O–H groups in total. The maximum absolute atomic E-state index is 8.93. The van der Waals surface area contributed by atoms with Crippen molar-refractivity contribution in [1.29, 1.82) is 0 Å². The van der Waals surface area contributed by atoms with E-state index in [4.69, 9.17) is 15.6 Å². The number of pyridine rings is 1. The van der Waals surface area contributed by atoms with Crippen LogP contribution < -0.4 is 10.5 Å². The van der Waals surface area contributed by atoms with Crippen LogP contribution in [-0.4, -0.2) is 10.1 Å². The summed E-state index contributed by atoms with van der Waals surface area (Å²) < 4.78 is 5.68. The number of hydrogen-bond acceptors (Lipinski definition) is 4.